The predicted octanol–water partition coefficient (Wildman–Crippen LogP) is 3.58. The molecule has 1 aliphatic rings. The van der Waals surface area contributed by atoms with Gasteiger partial charge in [-0.2, -0.15) is 8.42 Å². The highest BCUT2D eigenvalue weighted by Crippen LogP contribution is 2.34. The number of hydrogen-bond donors (Lipinski definition) is 0. The van der Waals surface area contributed by atoms with E-state index in [0.717, 1.165) is 11.1 Å². The minimum absolute atomic E-state index is 0.0115. The Labute approximate surface area is 154 Å². The van der Waals surface area contributed by atoms with Gasteiger partial charge >= 0.3 is 5.97 Å². The molecule has 0 aromatic heterocycles. The largest absolute Gasteiger partial charge is 0.462 e. The highest BCUT2D eigenvalue weighted by molar-refractivity contribution is 7.86. The van der Waals surface area contributed by atoms with E-state index in [4.69, 9.17) is 8.92 Å². The molecule has 3 rings (SSSR count). The maximum atomic E-state index is 12.2. The third-order valence-electron chi connectivity index (χ3n) is 4.53. The molecule has 2 atom stereocenters. The van der Waals surface area contributed by atoms with Crippen LogP contribution in [-0.4, -0.2) is 27.1 Å². The average molecular weight is 374 g/mol. The van der Waals surface area contributed by atoms with Gasteiger partial charge in [0.1, 0.15) is 6.10 Å². The molecule has 0 unspecified atom stereocenters. The number of benzene rings is 2. The number of esters is 1. The Bertz CT molecular complexity index is 844. The van der Waals surface area contributed by atoms with Crippen molar-refractivity contribution in [3.63, 3.8) is 0 Å². The Morgan fingerprint density at radius 2 is 1.77 bits per heavy atom. The number of aryl methyl sites for hydroxylation is 1. The monoisotopic (exact) mass is 374 g/mol. The normalized spacial score (nSPS) is 20.1. The molecule has 1 saturated heterocycles. The Morgan fingerprint density at radius 1 is 1.08 bits per heavy atom. The van der Waals surface area contributed by atoms with Gasteiger partial charge < -0.3 is 4.74 Å². The molecule has 26 heavy (non-hydrogen) atoms. The Morgan fingerprint density at radius 3 is 2.46 bits per heavy atom. The van der Waals surface area contributed by atoms with Gasteiger partial charge in [-0.3, -0.25) is 8.98 Å². The van der Waals surface area contributed by atoms with E-state index in [2.05, 4.69) is 0 Å². The highest BCUT2D eigenvalue weighted by atomic mass is 32.2. The summed E-state index contributed by atoms with van der Waals surface area (Å²) >= 11 is 0. The van der Waals surface area contributed by atoms with Crippen LogP contribution in [0.3, 0.4) is 0 Å². The van der Waals surface area contributed by atoms with E-state index in [9.17, 15) is 13.2 Å². The summed E-state index contributed by atoms with van der Waals surface area (Å²) in [6, 6.07) is 16.3. The zero-order valence-electron chi connectivity index (χ0n) is 14.6. The van der Waals surface area contributed by atoms with Crippen molar-refractivity contribution in [3.05, 3.63) is 65.7 Å². The number of carbonyl (C=O) groups excluding carboxylic acids is 1. The smallest absolute Gasteiger partial charge is 0.306 e. The predicted molar refractivity (Wildman–Crippen MR) is 97.2 cm³/mol. The van der Waals surface area contributed by atoms with Crippen molar-refractivity contribution in [2.24, 2.45) is 0 Å². The molecule has 2 aromatic rings. The number of cyclic esters (lactones) is 1. The van der Waals surface area contributed by atoms with Gasteiger partial charge in [0, 0.05) is 5.92 Å². The lowest BCUT2D eigenvalue weighted by molar-refractivity contribution is -0.141. The quantitative estimate of drug-likeness (QED) is 0.421. The SMILES string of the molecule is Cc1ccc(S(=O)(=O)OCCC[C@H]2OC(=O)C[C@@H]2c2ccccc2)cc1. The fourth-order valence-electron chi connectivity index (χ4n) is 3.13. The van der Waals surface area contributed by atoms with Gasteiger partial charge in [-0.1, -0.05) is 48.0 Å². The van der Waals surface area contributed by atoms with Crippen LogP contribution in [0.5, 0.6) is 0 Å². The molecular weight excluding hydrogens is 352 g/mol. The third kappa shape index (κ3) is 4.51. The molecule has 0 radical (unpaired) electrons. The summed E-state index contributed by atoms with van der Waals surface area (Å²) in [7, 11) is -3.76. The van der Waals surface area contributed by atoms with E-state index < -0.39 is 10.1 Å². The van der Waals surface area contributed by atoms with E-state index in [-0.39, 0.29) is 29.5 Å². The van der Waals surface area contributed by atoms with Crippen molar-refractivity contribution >= 4 is 16.1 Å². The van der Waals surface area contributed by atoms with Gasteiger partial charge in [0.25, 0.3) is 10.1 Å². The number of rotatable bonds is 7. The first-order chi connectivity index (χ1) is 12.5. The molecule has 0 bridgehead atoms. The van der Waals surface area contributed by atoms with Crippen LogP contribution in [0.15, 0.2) is 59.5 Å². The lowest BCUT2D eigenvalue weighted by atomic mass is 9.90. The summed E-state index contributed by atoms with van der Waals surface area (Å²) < 4.78 is 34.9. The average Bonchev–Trinajstić information content (AvgIpc) is 3.00. The van der Waals surface area contributed by atoms with E-state index in [1.165, 1.54) is 12.1 Å². The van der Waals surface area contributed by atoms with E-state index in [1.54, 1.807) is 12.1 Å². The fourth-order valence-corrected chi connectivity index (χ4v) is 4.07. The molecule has 1 aliphatic heterocycles. The Hall–Kier alpha value is -2.18. The molecule has 0 aliphatic carbocycles. The molecule has 0 N–H and O–H groups in total. The van der Waals surface area contributed by atoms with Gasteiger partial charge in [-0.25, -0.2) is 0 Å². The number of carbonyl (C=O) groups is 1. The molecule has 1 heterocycles. The number of hydrogen-bond acceptors (Lipinski definition) is 5. The van der Waals surface area contributed by atoms with Gasteiger partial charge in [-0.05, 0) is 37.5 Å². The zero-order chi connectivity index (χ0) is 18.6. The second-order valence-corrected chi connectivity index (χ2v) is 8.10. The van der Waals surface area contributed by atoms with Crippen LogP contribution < -0.4 is 0 Å². The molecule has 0 saturated carbocycles. The first kappa shape index (κ1) is 18.6. The maximum Gasteiger partial charge on any atom is 0.306 e. The summed E-state index contributed by atoms with van der Waals surface area (Å²) in [4.78, 5) is 11.8. The summed E-state index contributed by atoms with van der Waals surface area (Å²) in [5.41, 5.74) is 2.05. The first-order valence-corrected chi connectivity index (χ1v) is 10.1. The van der Waals surface area contributed by atoms with Crippen molar-refractivity contribution < 1.29 is 22.1 Å². The van der Waals surface area contributed by atoms with E-state index in [0.29, 0.717) is 19.3 Å². The minimum Gasteiger partial charge on any atom is -0.462 e. The van der Waals surface area contributed by atoms with Crippen LogP contribution >= 0.6 is 0 Å². The lowest BCUT2D eigenvalue weighted by Crippen LogP contribution is -2.16. The van der Waals surface area contributed by atoms with Crippen molar-refractivity contribution in [3.8, 4) is 0 Å². The van der Waals surface area contributed by atoms with Crippen LogP contribution in [0.1, 0.15) is 36.3 Å². The molecule has 0 amide bonds. The zero-order valence-corrected chi connectivity index (χ0v) is 15.4. The molecule has 2 aromatic carbocycles. The van der Waals surface area contributed by atoms with Crippen molar-refractivity contribution in [1.29, 1.82) is 0 Å². The second-order valence-electron chi connectivity index (χ2n) is 6.48. The second kappa shape index (κ2) is 8.01. The molecule has 0 spiro atoms. The summed E-state index contributed by atoms with van der Waals surface area (Å²) in [5, 5.41) is 0. The Kier molecular flexibility index (Phi) is 5.74. The fraction of sp³-hybridized carbons (Fsp3) is 0.350. The van der Waals surface area contributed by atoms with Crippen molar-refractivity contribution in [2.45, 2.75) is 43.1 Å². The van der Waals surface area contributed by atoms with Crippen LogP contribution in [-0.2, 0) is 23.8 Å². The first-order valence-electron chi connectivity index (χ1n) is 8.66. The summed E-state index contributed by atoms with van der Waals surface area (Å²) in [6.45, 7) is 1.95. The molecule has 5 nitrogen and oxygen atoms in total. The van der Waals surface area contributed by atoms with E-state index in [1.807, 2.05) is 37.3 Å². The van der Waals surface area contributed by atoms with Crippen LogP contribution in [0.2, 0.25) is 0 Å². The molecule has 6 heteroatoms. The third-order valence-corrected chi connectivity index (χ3v) is 5.85. The van der Waals surface area contributed by atoms with Gasteiger partial charge in [0.15, 0.2) is 0 Å². The van der Waals surface area contributed by atoms with Crippen molar-refractivity contribution in [1.82, 2.24) is 0 Å². The van der Waals surface area contributed by atoms with Crippen molar-refractivity contribution in [2.75, 3.05) is 6.61 Å². The number of ether oxygens (including phenoxy) is 1. The summed E-state index contributed by atoms with van der Waals surface area (Å²) in [6.07, 6.45) is 1.17. The Balaban J connectivity index is 1.54. The maximum absolute atomic E-state index is 12.2. The van der Waals surface area contributed by atoms with E-state index >= 15 is 0 Å². The highest BCUT2D eigenvalue weighted by Gasteiger charge is 2.35. The molecular formula is C20H22O5S. The van der Waals surface area contributed by atoms with Gasteiger partial charge in [0.05, 0.1) is 17.9 Å². The van der Waals surface area contributed by atoms with Crippen LogP contribution in [0.4, 0.5) is 0 Å². The minimum atomic E-state index is -3.76. The topological polar surface area (TPSA) is 69.7 Å². The standard InChI is InChI=1S/C20H22O5S/c1-15-9-11-17(12-10-15)26(22,23)24-13-5-8-19-18(14-20(21)25-19)16-6-3-2-4-7-16/h2-4,6-7,9-12,18-19H,5,8,13-14H2,1H3/t18-,19-/m1/s1. The van der Waals surface area contributed by atoms with Crippen LogP contribution in [0, 0.1) is 6.92 Å². The summed E-state index contributed by atoms with van der Waals surface area (Å²) in [5.74, 6) is -0.200. The molecule has 138 valence electrons. The van der Waals surface area contributed by atoms with Gasteiger partial charge in [-0.15, -0.1) is 0 Å². The van der Waals surface area contributed by atoms with Crippen LogP contribution in [0.25, 0.3) is 0 Å². The lowest BCUT2D eigenvalue weighted by Gasteiger charge is -2.17. The van der Waals surface area contributed by atoms with Gasteiger partial charge in [0.2, 0.25) is 0 Å². The molecule has 1 fully saturated rings.